The lowest BCUT2D eigenvalue weighted by Gasteiger charge is -2.25. The van der Waals surface area contributed by atoms with Crippen LogP contribution >= 0.6 is 0 Å². The van der Waals surface area contributed by atoms with Crippen molar-refractivity contribution >= 4 is 0 Å². The lowest BCUT2D eigenvalue weighted by atomic mass is 9.88. The predicted molar refractivity (Wildman–Crippen MR) is 111 cm³/mol. The second-order valence-electron chi connectivity index (χ2n) is 9.32. The number of aliphatic hydroxyl groups excluding tert-OH is 2. The van der Waals surface area contributed by atoms with E-state index < -0.39 is 17.8 Å². The van der Waals surface area contributed by atoms with E-state index >= 15 is 0 Å². The first-order valence-corrected chi connectivity index (χ1v) is 10.5. The lowest BCUT2D eigenvalue weighted by Crippen LogP contribution is -2.36. The molecule has 0 bridgehead atoms. The summed E-state index contributed by atoms with van der Waals surface area (Å²) in [5, 5.41) is 23.7. The minimum atomic E-state index is -4.36. The SMILES string of the molecule is CC(C)(C)c1nccc(CC2C(NCc3ccc(C(F)(F)F)cc3)CC(O)C2CO)n1. The second-order valence-corrected chi connectivity index (χ2v) is 9.32. The van der Waals surface area contributed by atoms with Crippen molar-refractivity contribution in [1.29, 1.82) is 0 Å². The molecule has 0 spiro atoms. The van der Waals surface area contributed by atoms with Gasteiger partial charge >= 0.3 is 6.18 Å². The maximum absolute atomic E-state index is 12.8. The summed E-state index contributed by atoms with van der Waals surface area (Å²) in [5.41, 5.74) is 0.704. The monoisotopic (exact) mass is 437 g/mol. The van der Waals surface area contributed by atoms with Gasteiger partial charge in [-0.2, -0.15) is 13.2 Å². The van der Waals surface area contributed by atoms with Crippen molar-refractivity contribution in [3.05, 3.63) is 59.2 Å². The Balaban J connectivity index is 1.72. The summed E-state index contributed by atoms with van der Waals surface area (Å²) in [5.74, 6) is 0.383. The Bertz CT molecular complexity index is 866. The van der Waals surface area contributed by atoms with Crippen molar-refractivity contribution in [2.45, 2.75) is 63.9 Å². The number of aliphatic hydroxyl groups is 2. The standard InChI is InChI=1S/C23H30F3N3O2/c1-22(2,3)21-27-9-8-16(29-21)10-17-18(13-30)20(31)11-19(17)28-12-14-4-6-15(7-5-14)23(24,25)26/h4-9,17-20,28,30-31H,10-13H2,1-3H3. The number of nitrogens with zero attached hydrogens (tertiary/aromatic N) is 2. The van der Waals surface area contributed by atoms with Crippen LogP contribution in [0.3, 0.4) is 0 Å². The molecule has 3 rings (SSSR count). The van der Waals surface area contributed by atoms with Crippen LogP contribution in [0.5, 0.6) is 0 Å². The fraction of sp³-hybridized carbons (Fsp3) is 0.565. The van der Waals surface area contributed by atoms with Crippen molar-refractivity contribution in [1.82, 2.24) is 15.3 Å². The minimum absolute atomic E-state index is 0.0582. The molecule has 8 heteroatoms. The van der Waals surface area contributed by atoms with Crippen molar-refractivity contribution in [3.8, 4) is 0 Å². The maximum atomic E-state index is 12.8. The number of halogens is 3. The fourth-order valence-electron chi connectivity index (χ4n) is 4.15. The van der Waals surface area contributed by atoms with Crippen molar-refractivity contribution in [3.63, 3.8) is 0 Å². The molecular formula is C23H30F3N3O2. The van der Waals surface area contributed by atoms with Gasteiger partial charge in [0, 0.05) is 42.4 Å². The molecule has 0 amide bonds. The third kappa shape index (κ3) is 5.81. The molecule has 1 heterocycles. The summed E-state index contributed by atoms with van der Waals surface area (Å²) in [6.07, 6.45) is -2.24. The van der Waals surface area contributed by atoms with Crippen molar-refractivity contribution in [2.24, 2.45) is 11.8 Å². The minimum Gasteiger partial charge on any atom is -0.396 e. The number of benzene rings is 1. The second kappa shape index (κ2) is 9.22. The molecular weight excluding hydrogens is 407 g/mol. The van der Waals surface area contributed by atoms with Gasteiger partial charge in [-0.25, -0.2) is 9.97 Å². The summed E-state index contributed by atoms with van der Waals surface area (Å²) < 4.78 is 38.3. The Morgan fingerprint density at radius 1 is 1.06 bits per heavy atom. The number of nitrogens with one attached hydrogen (secondary N) is 1. The Hall–Kier alpha value is -2.03. The van der Waals surface area contributed by atoms with Gasteiger partial charge in [0.1, 0.15) is 5.82 Å². The smallest absolute Gasteiger partial charge is 0.396 e. The lowest BCUT2D eigenvalue weighted by molar-refractivity contribution is -0.137. The number of alkyl halides is 3. The third-order valence-electron chi connectivity index (χ3n) is 5.95. The topological polar surface area (TPSA) is 78.3 Å². The van der Waals surface area contributed by atoms with Crippen LogP contribution in [0.1, 0.15) is 49.8 Å². The molecule has 2 aromatic rings. The molecule has 1 aromatic heterocycles. The van der Waals surface area contributed by atoms with Gasteiger partial charge in [-0.1, -0.05) is 32.9 Å². The first-order valence-electron chi connectivity index (χ1n) is 10.5. The molecule has 4 unspecified atom stereocenters. The van der Waals surface area contributed by atoms with Crippen LogP contribution < -0.4 is 5.32 Å². The normalized spacial score (nSPS) is 24.5. The maximum Gasteiger partial charge on any atom is 0.416 e. The molecule has 0 saturated heterocycles. The van der Waals surface area contributed by atoms with E-state index in [1.807, 2.05) is 26.8 Å². The van der Waals surface area contributed by atoms with E-state index in [2.05, 4.69) is 15.3 Å². The number of aromatic nitrogens is 2. The zero-order chi connectivity index (χ0) is 22.8. The van der Waals surface area contributed by atoms with Gasteiger partial charge in [-0.15, -0.1) is 0 Å². The summed E-state index contributed by atoms with van der Waals surface area (Å²) in [4.78, 5) is 9.03. The molecule has 3 N–H and O–H groups in total. The zero-order valence-corrected chi connectivity index (χ0v) is 18.0. The average molecular weight is 438 g/mol. The highest BCUT2D eigenvalue weighted by molar-refractivity contribution is 5.24. The van der Waals surface area contributed by atoms with E-state index in [-0.39, 0.29) is 29.9 Å². The third-order valence-corrected chi connectivity index (χ3v) is 5.95. The molecule has 5 nitrogen and oxygen atoms in total. The molecule has 1 saturated carbocycles. The van der Waals surface area contributed by atoms with Crippen LogP contribution in [0.15, 0.2) is 36.5 Å². The first-order chi connectivity index (χ1) is 14.5. The highest BCUT2D eigenvalue weighted by atomic mass is 19.4. The van der Waals surface area contributed by atoms with Crippen LogP contribution in [0.4, 0.5) is 13.2 Å². The fourth-order valence-corrected chi connectivity index (χ4v) is 4.15. The summed E-state index contributed by atoms with van der Waals surface area (Å²) in [7, 11) is 0. The number of rotatable bonds is 6. The highest BCUT2D eigenvalue weighted by Crippen LogP contribution is 2.35. The molecule has 1 aromatic carbocycles. The highest BCUT2D eigenvalue weighted by Gasteiger charge is 2.42. The largest absolute Gasteiger partial charge is 0.416 e. The van der Waals surface area contributed by atoms with E-state index in [4.69, 9.17) is 0 Å². The van der Waals surface area contributed by atoms with Gasteiger partial charge in [-0.05, 0) is 42.5 Å². The van der Waals surface area contributed by atoms with Gasteiger partial charge in [0.25, 0.3) is 0 Å². The van der Waals surface area contributed by atoms with E-state index in [1.54, 1.807) is 6.20 Å². The molecule has 1 aliphatic rings. The number of hydrogen-bond acceptors (Lipinski definition) is 5. The molecule has 0 radical (unpaired) electrons. The number of hydrogen-bond donors (Lipinski definition) is 3. The Labute approximate surface area is 180 Å². The molecule has 1 fully saturated rings. The molecule has 1 aliphatic carbocycles. The first kappa shape index (κ1) is 23.6. The van der Waals surface area contributed by atoms with Gasteiger partial charge in [-0.3, -0.25) is 0 Å². The summed E-state index contributed by atoms with van der Waals surface area (Å²) in [6, 6.07) is 6.82. The average Bonchev–Trinajstić information content (AvgIpc) is 2.99. The Kier molecular flexibility index (Phi) is 7.03. The van der Waals surface area contributed by atoms with Crippen molar-refractivity contribution in [2.75, 3.05) is 6.61 Å². The zero-order valence-electron chi connectivity index (χ0n) is 18.0. The van der Waals surface area contributed by atoms with Crippen LogP contribution in [0.25, 0.3) is 0 Å². The predicted octanol–water partition coefficient (Wildman–Crippen LogP) is 3.48. The molecule has 0 aliphatic heterocycles. The molecule has 31 heavy (non-hydrogen) atoms. The van der Waals surface area contributed by atoms with E-state index in [9.17, 15) is 23.4 Å². The molecule has 170 valence electrons. The van der Waals surface area contributed by atoms with Gasteiger partial charge in [0.15, 0.2) is 0 Å². The van der Waals surface area contributed by atoms with Crippen LogP contribution in [-0.4, -0.2) is 38.9 Å². The van der Waals surface area contributed by atoms with Crippen LogP contribution in [0.2, 0.25) is 0 Å². The van der Waals surface area contributed by atoms with Gasteiger partial charge in [0.05, 0.1) is 11.7 Å². The van der Waals surface area contributed by atoms with Crippen LogP contribution in [-0.2, 0) is 24.6 Å². The quantitative estimate of drug-likeness (QED) is 0.645. The Morgan fingerprint density at radius 3 is 2.32 bits per heavy atom. The van der Waals surface area contributed by atoms with E-state index in [0.717, 1.165) is 29.2 Å². The Morgan fingerprint density at radius 2 is 1.74 bits per heavy atom. The van der Waals surface area contributed by atoms with E-state index in [1.165, 1.54) is 12.1 Å². The molecule has 4 atom stereocenters. The van der Waals surface area contributed by atoms with Crippen LogP contribution in [0, 0.1) is 11.8 Å². The van der Waals surface area contributed by atoms with Gasteiger partial charge < -0.3 is 15.5 Å². The summed E-state index contributed by atoms with van der Waals surface area (Å²) in [6.45, 7) is 6.35. The summed E-state index contributed by atoms with van der Waals surface area (Å²) >= 11 is 0. The van der Waals surface area contributed by atoms with Gasteiger partial charge in [0.2, 0.25) is 0 Å². The van der Waals surface area contributed by atoms with Crippen molar-refractivity contribution < 1.29 is 23.4 Å². The van der Waals surface area contributed by atoms with E-state index in [0.29, 0.717) is 19.4 Å².